The first kappa shape index (κ1) is 13.1. The summed E-state index contributed by atoms with van der Waals surface area (Å²) in [5.74, 6) is 0.000370. The van der Waals surface area contributed by atoms with E-state index in [0.29, 0.717) is 0 Å². The smallest absolute Gasteiger partial charge is 0.252 e. The van der Waals surface area contributed by atoms with Crippen molar-refractivity contribution in [2.45, 2.75) is 25.8 Å². The molecule has 0 aliphatic carbocycles. The van der Waals surface area contributed by atoms with Gasteiger partial charge in [-0.1, -0.05) is 18.2 Å². The molecule has 2 aromatic rings. The van der Waals surface area contributed by atoms with Gasteiger partial charge in [-0.15, -0.1) is 0 Å². The molecule has 0 bridgehead atoms. The fourth-order valence-electron chi connectivity index (χ4n) is 2.73. The maximum atomic E-state index is 12.5. The molecule has 0 radical (unpaired) electrons. The number of carbonyl (C=O) groups excluding carboxylic acids is 1. The van der Waals surface area contributed by atoms with Crippen LogP contribution in [0.25, 0.3) is 10.9 Å². The minimum atomic E-state index is 0.000370. The first-order valence-electron chi connectivity index (χ1n) is 7.12. The van der Waals surface area contributed by atoms with Crippen molar-refractivity contribution in [3.05, 3.63) is 41.6 Å². The van der Waals surface area contributed by atoms with Gasteiger partial charge in [-0.25, -0.2) is 0 Å². The Morgan fingerprint density at radius 3 is 3.05 bits per heavy atom. The van der Waals surface area contributed by atoms with Crippen molar-refractivity contribution >= 4 is 16.8 Å². The molecule has 1 aromatic carbocycles. The number of carbonyl (C=O) groups is 1. The van der Waals surface area contributed by atoms with Crippen LogP contribution in [-0.2, 0) is 0 Å². The van der Waals surface area contributed by atoms with Gasteiger partial charge >= 0.3 is 0 Å². The van der Waals surface area contributed by atoms with Gasteiger partial charge in [0.25, 0.3) is 5.91 Å². The number of nitrogens with zero attached hydrogens (tertiary/aromatic N) is 1. The van der Waals surface area contributed by atoms with Crippen LogP contribution >= 0.6 is 0 Å². The molecule has 4 nitrogen and oxygen atoms in total. The van der Waals surface area contributed by atoms with Gasteiger partial charge in [0.1, 0.15) is 0 Å². The number of aryl methyl sites for hydroxylation is 1. The third-order valence-electron chi connectivity index (χ3n) is 3.72. The zero-order valence-electron chi connectivity index (χ0n) is 11.6. The Morgan fingerprint density at radius 1 is 1.40 bits per heavy atom. The summed E-state index contributed by atoms with van der Waals surface area (Å²) >= 11 is 0. The van der Waals surface area contributed by atoms with Gasteiger partial charge in [0, 0.05) is 23.7 Å². The predicted octanol–water partition coefficient (Wildman–Crippen LogP) is 2.03. The monoisotopic (exact) mass is 269 g/mol. The molecular weight excluding hydrogens is 250 g/mol. The standard InChI is InChI=1S/C16H19N3O/c1-11-9-14(13-6-2-3-7-15(13)18-11)16(20)19-12-5-4-8-17-10-12/h2-3,6-7,9,12,17H,4-5,8,10H2,1H3,(H,19,20). The third-order valence-corrected chi connectivity index (χ3v) is 3.72. The molecule has 3 rings (SSSR count). The Bertz CT molecular complexity index is 633. The second-order valence-corrected chi connectivity index (χ2v) is 5.35. The summed E-state index contributed by atoms with van der Waals surface area (Å²) in [6.07, 6.45) is 2.15. The molecule has 2 heterocycles. The maximum absolute atomic E-state index is 12.5. The second-order valence-electron chi connectivity index (χ2n) is 5.35. The molecular formula is C16H19N3O. The van der Waals surface area contributed by atoms with E-state index in [0.717, 1.165) is 48.1 Å². The number of rotatable bonds is 2. The van der Waals surface area contributed by atoms with E-state index in [4.69, 9.17) is 0 Å². The summed E-state index contributed by atoms with van der Waals surface area (Å²) < 4.78 is 0. The van der Waals surface area contributed by atoms with Crippen molar-refractivity contribution in [2.24, 2.45) is 0 Å². The molecule has 0 saturated carbocycles. The van der Waals surface area contributed by atoms with E-state index < -0.39 is 0 Å². The van der Waals surface area contributed by atoms with E-state index in [-0.39, 0.29) is 11.9 Å². The van der Waals surface area contributed by atoms with Crippen LogP contribution in [0.15, 0.2) is 30.3 Å². The fraction of sp³-hybridized carbons (Fsp3) is 0.375. The van der Waals surface area contributed by atoms with E-state index in [1.54, 1.807) is 0 Å². The van der Waals surface area contributed by atoms with Gasteiger partial charge in [-0.2, -0.15) is 0 Å². The summed E-state index contributed by atoms with van der Waals surface area (Å²) in [7, 11) is 0. The Morgan fingerprint density at radius 2 is 2.25 bits per heavy atom. The lowest BCUT2D eigenvalue weighted by atomic mass is 10.0. The lowest BCUT2D eigenvalue weighted by Gasteiger charge is -2.24. The number of pyridine rings is 1. The molecule has 1 unspecified atom stereocenters. The summed E-state index contributed by atoms with van der Waals surface area (Å²) in [5, 5.41) is 7.35. The Labute approximate surface area is 118 Å². The van der Waals surface area contributed by atoms with E-state index in [1.165, 1.54) is 0 Å². The molecule has 1 atom stereocenters. The summed E-state index contributed by atoms with van der Waals surface area (Å²) in [5.41, 5.74) is 2.47. The Balaban J connectivity index is 1.90. The van der Waals surface area contributed by atoms with Gasteiger partial charge in [0.2, 0.25) is 0 Å². The molecule has 1 aliphatic heterocycles. The molecule has 20 heavy (non-hydrogen) atoms. The van der Waals surface area contributed by atoms with Crippen LogP contribution in [0.2, 0.25) is 0 Å². The van der Waals surface area contributed by atoms with Crippen LogP contribution in [0.5, 0.6) is 0 Å². The number of amides is 1. The lowest BCUT2D eigenvalue weighted by Crippen LogP contribution is -2.45. The molecule has 1 aromatic heterocycles. The highest BCUT2D eigenvalue weighted by Crippen LogP contribution is 2.18. The van der Waals surface area contributed by atoms with Gasteiger partial charge < -0.3 is 10.6 Å². The first-order valence-corrected chi connectivity index (χ1v) is 7.12. The number of fused-ring (bicyclic) bond motifs is 1. The van der Waals surface area contributed by atoms with Crippen molar-refractivity contribution in [1.82, 2.24) is 15.6 Å². The van der Waals surface area contributed by atoms with Crippen LogP contribution < -0.4 is 10.6 Å². The van der Waals surface area contributed by atoms with Crippen molar-refractivity contribution in [2.75, 3.05) is 13.1 Å². The molecule has 2 N–H and O–H groups in total. The topological polar surface area (TPSA) is 54.0 Å². The molecule has 1 saturated heterocycles. The zero-order chi connectivity index (χ0) is 13.9. The molecule has 1 aliphatic rings. The Hall–Kier alpha value is -1.94. The minimum Gasteiger partial charge on any atom is -0.348 e. The quantitative estimate of drug-likeness (QED) is 0.877. The Kier molecular flexibility index (Phi) is 3.65. The second kappa shape index (κ2) is 5.59. The number of piperidine rings is 1. The predicted molar refractivity (Wildman–Crippen MR) is 79.8 cm³/mol. The van der Waals surface area contributed by atoms with Crippen molar-refractivity contribution in [3.8, 4) is 0 Å². The van der Waals surface area contributed by atoms with Gasteiger partial charge in [-0.05, 0) is 38.4 Å². The third kappa shape index (κ3) is 2.65. The summed E-state index contributed by atoms with van der Waals surface area (Å²) in [6, 6.07) is 9.88. The van der Waals surface area contributed by atoms with Crippen LogP contribution in [0, 0.1) is 6.92 Å². The van der Waals surface area contributed by atoms with Gasteiger partial charge in [0.05, 0.1) is 11.1 Å². The zero-order valence-corrected chi connectivity index (χ0v) is 11.6. The molecule has 104 valence electrons. The summed E-state index contributed by atoms with van der Waals surface area (Å²) in [4.78, 5) is 17.0. The minimum absolute atomic E-state index is 0.000370. The lowest BCUT2D eigenvalue weighted by molar-refractivity contribution is 0.0932. The average molecular weight is 269 g/mol. The number of nitrogens with one attached hydrogen (secondary N) is 2. The average Bonchev–Trinajstić information content (AvgIpc) is 2.47. The highest BCUT2D eigenvalue weighted by Gasteiger charge is 2.18. The van der Waals surface area contributed by atoms with Crippen molar-refractivity contribution in [3.63, 3.8) is 0 Å². The SMILES string of the molecule is Cc1cc(C(=O)NC2CCCNC2)c2ccccc2n1. The molecule has 0 spiro atoms. The van der Waals surface area contributed by atoms with Crippen LogP contribution in [0.1, 0.15) is 28.9 Å². The highest BCUT2D eigenvalue weighted by molar-refractivity contribution is 6.06. The molecule has 1 amide bonds. The fourth-order valence-corrected chi connectivity index (χ4v) is 2.73. The van der Waals surface area contributed by atoms with Crippen LogP contribution in [-0.4, -0.2) is 30.0 Å². The van der Waals surface area contributed by atoms with Crippen molar-refractivity contribution in [1.29, 1.82) is 0 Å². The largest absolute Gasteiger partial charge is 0.348 e. The van der Waals surface area contributed by atoms with E-state index in [2.05, 4.69) is 15.6 Å². The number of hydrogen-bond donors (Lipinski definition) is 2. The van der Waals surface area contributed by atoms with Gasteiger partial charge in [0.15, 0.2) is 0 Å². The number of aromatic nitrogens is 1. The normalized spacial score (nSPS) is 18.9. The number of hydrogen-bond acceptors (Lipinski definition) is 3. The van der Waals surface area contributed by atoms with E-state index in [1.807, 2.05) is 37.3 Å². The van der Waals surface area contributed by atoms with E-state index in [9.17, 15) is 4.79 Å². The molecule has 1 fully saturated rings. The highest BCUT2D eigenvalue weighted by atomic mass is 16.1. The molecule has 4 heteroatoms. The van der Waals surface area contributed by atoms with Crippen LogP contribution in [0.4, 0.5) is 0 Å². The van der Waals surface area contributed by atoms with Crippen LogP contribution in [0.3, 0.4) is 0 Å². The maximum Gasteiger partial charge on any atom is 0.252 e. The van der Waals surface area contributed by atoms with E-state index >= 15 is 0 Å². The number of benzene rings is 1. The van der Waals surface area contributed by atoms with Gasteiger partial charge in [-0.3, -0.25) is 9.78 Å². The van der Waals surface area contributed by atoms with Crippen molar-refractivity contribution < 1.29 is 4.79 Å². The number of para-hydroxylation sites is 1. The first-order chi connectivity index (χ1) is 9.74. The summed E-state index contributed by atoms with van der Waals surface area (Å²) in [6.45, 7) is 3.82.